The van der Waals surface area contributed by atoms with Crippen LogP contribution in [0, 0.1) is 0 Å². The summed E-state index contributed by atoms with van der Waals surface area (Å²) in [5.41, 5.74) is 18.1. The SMILES string of the molecule is c1ccc(-c2nc3ccccc3n2-c2ccc(-c3ccc4oc5ccc(-c6cccc(-n7c8ccccc8c8cc(-c9ccc%10oc%11ccccc%11c%10c9)ccc87)c6)cc5c4c3)cc2)cc1. The summed E-state index contributed by atoms with van der Waals surface area (Å²) in [6, 6.07) is 79.8. The van der Waals surface area contributed by atoms with Gasteiger partial charge in [-0.15, -0.1) is 0 Å². The molecule has 0 atom stereocenters. The molecule has 0 radical (unpaired) electrons. The minimum absolute atomic E-state index is 0.871. The van der Waals surface area contributed by atoms with Gasteiger partial charge in [-0.3, -0.25) is 4.57 Å². The molecule has 0 bridgehead atoms. The van der Waals surface area contributed by atoms with Gasteiger partial charge in [0, 0.05) is 49.3 Å². The average Bonchev–Trinajstić information content (AvgIpc) is 4.15. The first kappa shape index (κ1) is 36.5. The summed E-state index contributed by atoms with van der Waals surface area (Å²) in [4.78, 5) is 5.04. The van der Waals surface area contributed by atoms with Crippen LogP contribution in [0.25, 0.3) is 133 Å². The Morgan fingerprint density at radius 1 is 0.273 bits per heavy atom. The fourth-order valence-corrected chi connectivity index (χ4v) is 10.2. The van der Waals surface area contributed by atoms with Crippen LogP contribution in [0.2, 0.25) is 0 Å². The Balaban J connectivity index is 0.822. The van der Waals surface area contributed by atoms with Gasteiger partial charge in [-0.25, -0.2) is 4.98 Å². The number of imidazole rings is 1. The standard InChI is InChI=1S/C61H37N3O2/c1-2-11-39(12-3-1)61-62-53-17-6-8-19-56(53)64(61)45-27-21-38(22-28-45)41-24-30-59-51(35-41)52-37-43(25-32-60(52)66-59)40-13-10-14-46(33-40)63-54-18-7-4-15-47(54)49-34-42(23-29-55(49)63)44-26-31-58-50(36-44)48-16-5-9-20-57(48)65-58/h1-37H. The van der Waals surface area contributed by atoms with Crippen LogP contribution in [-0.2, 0) is 0 Å². The number of nitrogens with zero attached hydrogens (tertiary/aromatic N) is 3. The lowest BCUT2D eigenvalue weighted by Gasteiger charge is -2.11. The molecule has 0 unspecified atom stereocenters. The molecule has 4 aromatic heterocycles. The lowest BCUT2D eigenvalue weighted by atomic mass is 9.99. The number of fused-ring (bicyclic) bond motifs is 10. The number of benzene rings is 10. The van der Waals surface area contributed by atoms with Crippen LogP contribution in [0.15, 0.2) is 233 Å². The third kappa shape index (κ3) is 5.70. The number of aromatic nitrogens is 3. The Morgan fingerprint density at radius 2 is 0.773 bits per heavy atom. The minimum Gasteiger partial charge on any atom is -0.456 e. The van der Waals surface area contributed by atoms with Crippen molar-refractivity contribution in [1.82, 2.24) is 14.1 Å². The normalized spacial score (nSPS) is 11.9. The molecule has 0 aliphatic carbocycles. The van der Waals surface area contributed by atoms with Gasteiger partial charge in [-0.05, 0) is 130 Å². The maximum Gasteiger partial charge on any atom is 0.145 e. The van der Waals surface area contributed by atoms with Gasteiger partial charge < -0.3 is 13.4 Å². The summed E-state index contributed by atoms with van der Waals surface area (Å²) in [6.07, 6.45) is 0. The highest BCUT2D eigenvalue weighted by Gasteiger charge is 2.18. The number of rotatable bonds is 6. The van der Waals surface area contributed by atoms with Crippen LogP contribution in [-0.4, -0.2) is 14.1 Å². The Labute approximate surface area is 378 Å². The van der Waals surface area contributed by atoms with Crippen molar-refractivity contribution in [2.75, 3.05) is 0 Å². The van der Waals surface area contributed by atoms with E-state index in [0.29, 0.717) is 0 Å². The van der Waals surface area contributed by atoms with Gasteiger partial charge in [0.15, 0.2) is 0 Å². The zero-order valence-corrected chi connectivity index (χ0v) is 35.5. The van der Waals surface area contributed by atoms with Gasteiger partial charge in [-0.1, -0.05) is 127 Å². The van der Waals surface area contributed by atoms with Gasteiger partial charge in [0.25, 0.3) is 0 Å². The largest absolute Gasteiger partial charge is 0.456 e. The number of para-hydroxylation sites is 4. The summed E-state index contributed by atoms with van der Waals surface area (Å²) < 4.78 is 17.2. The zero-order valence-electron chi connectivity index (χ0n) is 35.5. The Kier molecular flexibility index (Phi) is 7.91. The third-order valence-corrected chi connectivity index (χ3v) is 13.3. The number of furan rings is 2. The average molecular weight is 844 g/mol. The van der Waals surface area contributed by atoms with Crippen molar-refractivity contribution in [2.24, 2.45) is 0 Å². The number of hydrogen-bond donors (Lipinski definition) is 0. The van der Waals surface area contributed by atoms with E-state index in [4.69, 9.17) is 13.8 Å². The lowest BCUT2D eigenvalue weighted by molar-refractivity contribution is 0.668. The van der Waals surface area contributed by atoms with Crippen molar-refractivity contribution in [1.29, 1.82) is 0 Å². The smallest absolute Gasteiger partial charge is 0.145 e. The summed E-state index contributed by atoms with van der Waals surface area (Å²) in [7, 11) is 0. The predicted octanol–water partition coefficient (Wildman–Crippen LogP) is 16.6. The molecule has 66 heavy (non-hydrogen) atoms. The van der Waals surface area contributed by atoms with E-state index in [9.17, 15) is 0 Å². The van der Waals surface area contributed by atoms with Crippen LogP contribution in [0.5, 0.6) is 0 Å². The first-order valence-electron chi connectivity index (χ1n) is 22.3. The van der Waals surface area contributed by atoms with E-state index in [0.717, 1.165) is 99.9 Å². The molecule has 14 aromatic rings. The molecule has 14 rings (SSSR count). The van der Waals surface area contributed by atoms with Gasteiger partial charge in [0.1, 0.15) is 28.2 Å². The predicted molar refractivity (Wildman–Crippen MR) is 272 cm³/mol. The fourth-order valence-electron chi connectivity index (χ4n) is 10.2. The molecular weight excluding hydrogens is 807 g/mol. The monoisotopic (exact) mass is 843 g/mol. The Hall–Kier alpha value is -8.93. The van der Waals surface area contributed by atoms with Crippen molar-refractivity contribution in [2.45, 2.75) is 0 Å². The maximum absolute atomic E-state index is 6.44. The molecule has 10 aromatic carbocycles. The van der Waals surface area contributed by atoms with Crippen molar-refractivity contribution in [3.8, 4) is 56.1 Å². The highest BCUT2D eigenvalue weighted by atomic mass is 16.3. The molecule has 0 saturated heterocycles. The molecule has 0 saturated carbocycles. The molecule has 0 amide bonds. The van der Waals surface area contributed by atoms with Crippen LogP contribution in [0.1, 0.15) is 0 Å². The zero-order chi connectivity index (χ0) is 43.3. The summed E-state index contributed by atoms with van der Waals surface area (Å²) in [6.45, 7) is 0. The minimum atomic E-state index is 0.871. The highest BCUT2D eigenvalue weighted by molar-refractivity contribution is 6.12. The number of hydrogen-bond acceptors (Lipinski definition) is 3. The summed E-state index contributed by atoms with van der Waals surface area (Å²) in [5.74, 6) is 0.927. The molecule has 0 N–H and O–H groups in total. The Morgan fingerprint density at radius 3 is 1.50 bits per heavy atom. The quantitative estimate of drug-likeness (QED) is 0.168. The molecule has 0 fully saturated rings. The fraction of sp³-hybridized carbons (Fsp3) is 0. The Bertz CT molecular complexity index is 4220. The lowest BCUT2D eigenvalue weighted by Crippen LogP contribution is -1.97. The third-order valence-electron chi connectivity index (χ3n) is 13.3. The summed E-state index contributed by atoms with van der Waals surface area (Å²) in [5, 5.41) is 6.89. The van der Waals surface area contributed by atoms with Gasteiger partial charge >= 0.3 is 0 Å². The molecule has 308 valence electrons. The van der Waals surface area contributed by atoms with Crippen LogP contribution >= 0.6 is 0 Å². The molecular formula is C61H37N3O2. The van der Waals surface area contributed by atoms with E-state index in [1.807, 2.05) is 24.3 Å². The van der Waals surface area contributed by atoms with Crippen LogP contribution in [0.4, 0.5) is 0 Å². The highest BCUT2D eigenvalue weighted by Crippen LogP contribution is 2.40. The van der Waals surface area contributed by atoms with Crippen molar-refractivity contribution < 1.29 is 8.83 Å². The molecule has 4 heterocycles. The van der Waals surface area contributed by atoms with E-state index in [1.54, 1.807) is 0 Å². The van der Waals surface area contributed by atoms with Crippen molar-refractivity contribution in [3.05, 3.63) is 224 Å². The van der Waals surface area contributed by atoms with Crippen molar-refractivity contribution >= 4 is 76.7 Å². The van der Waals surface area contributed by atoms with Gasteiger partial charge in [0.2, 0.25) is 0 Å². The molecule has 0 spiro atoms. The van der Waals surface area contributed by atoms with Gasteiger partial charge in [-0.2, -0.15) is 0 Å². The first-order chi connectivity index (χ1) is 32.7. The topological polar surface area (TPSA) is 49.0 Å². The second-order valence-electron chi connectivity index (χ2n) is 17.1. The molecule has 5 nitrogen and oxygen atoms in total. The van der Waals surface area contributed by atoms with E-state index < -0.39 is 0 Å². The first-order valence-corrected chi connectivity index (χ1v) is 22.3. The van der Waals surface area contributed by atoms with Crippen LogP contribution < -0.4 is 0 Å². The van der Waals surface area contributed by atoms with Crippen LogP contribution in [0.3, 0.4) is 0 Å². The summed E-state index contributed by atoms with van der Waals surface area (Å²) >= 11 is 0. The second-order valence-corrected chi connectivity index (χ2v) is 17.1. The molecule has 0 aliphatic heterocycles. The van der Waals surface area contributed by atoms with E-state index >= 15 is 0 Å². The second kappa shape index (κ2) is 14.3. The molecule has 5 heteroatoms. The van der Waals surface area contributed by atoms with E-state index in [-0.39, 0.29) is 0 Å². The van der Waals surface area contributed by atoms with E-state index in [1.165, 1.54) is 32.9 Å². The molecule has 0 aliphatic rings. The van der Waals surface area contributed by atoms with Gasteiger partial charge in [0.05, 0.1) is 22.1 Å². The van der Waals surface area contributed by atoms with Crippen molar-refractivity contribution in [3.63, 3.8) is 0 Å². The van der Waals surface area contributed by atoms with E-state index in [2.05, 4.69) is 209 Å². The maximum atomic E-state index is 6.44.